The molecule has 130 valence electrons. The highest BCUT2D eigenvalue weighted by molar-refractivity contribution is 5.86. The molecule has 0 saturated heterocycles. The van der Waals surface area contributed by atoms with Crippen LogP contribution >= 0.6 is 0 Å². The van der Waals surface area contributed by atoms with Crippen LogP contribution in [0.2, 0.25) is 0 Å². The standard InChI is InChI=1S/C16H22N4O4/c1-15(2,3)20-14(22)23-11-7-10(8-17)9-18-12(11)19-13(21)24-16(4,5)6/h7,9H,1-6H3,(H,20,22)(H,18,19,21). The molecule has 0 aromatic carbocycles. The Hall–Kier alpha value is -2.82. The second kappa shape index (κ2) is 7.17. The summed E-state index contributed by atoms with van der Waals surface area (Å²) in [5.41, 5.74) is -1.01. The summed E-state index contributed by atoms with van der Waals surface area (Å²) in [5, 5.41) is 14.0. The number of amides is 2. The normalized spacial score (nSPS) is 11.2. The molecule has 8 heteroatoms. The van der Waals surface area contributed by atoms with E-state index >= 15 is 0 Å². The fourth-order valence-electron chi connectivity index (χ4n) is 1.51. The van der Waals surface area contributed by atoms with E-state index in [1.165, 1.54) is 12.3 Å². The number of aromatic nitrogens is 1. The van der Waals surface area contributed by atoms with Gasteiger partial charge in [0.25, 0.3) is 0 Å². The van der Waals surface area contributed by atoms with Gasteiger partial charge >= 0.3 is 12.2 Å². The Labute approximate surface area is 141 Å². The summed E-state index contributed by atoms with van der Waals surface area (Å²) in [6, 6.07) is 3.20. The van der Waals surface area contributed by atoms with Gasteiger partial charge in [0.05, 0.1) is 5.56 Å². The van der Waals surface area contributed by atoms with Crippen molar-refractivity contribution in [3.05, 3.63) is 17.8 Å². The first-order valence-electron chi connectivity index (χ1n) is 7.30. The second-order valence-electron chi connectivity index (χ2n) is 7.07. The van der Waals surface area contributed by atoms with Crippen LogP contribution in [0, 0.1) is 11.3 Å². The highest BCUT2D eigenvalue weighted by atomic mass is 16.6. The third kappa shape index (κ3) is 6.96. The number of ether oxygens (including phenoxy) is 2. The zero-order chi connectivity index (χ0) is 18.5. The molecule has 0 aliphatic heterocycles. The van der Waals surface area contributed by atoms with E-state index in [9.17, 15) is 9.59 Å². The highest BCUT2D eigenvalue weighted by Gasteiger charge is 2.21. The number of carbonyl (C=O) groups is 2. The van der Waals surface area contributed by atoms with Crippen LogP contribution in [0.25, 0.3) is 0 Å². The van der Waals surface area contributed by atoms with Crippen LogP contribution in [-0.4, -0.2) is 28.3 Å². The Bertz CT molecular complexity index is 666. The van der Waals surface area contributed by atoms with Crippen LogP contribution < -0.4 is 15.4 Å². The van der Waals surface area contributed by atoms with Crippen molar-refractivity contribution >= 4 is 18.0 Å². The molecule has 0 fully saturated rings. The molecule has 24 heavy (non-hydrogen) atoms. The average Bonchev–Trinajstić information content (AvgIpc) is 2.36. The van der Waals surface area contributed by atoms with Crippen LogP contribution in [0.3, 0.4) is 0 Å². The monoisotopic (exact) mass is 334 g/mol. The first kappa shape index (κ1) is 19.2. The molecule has 1 aromatic heterocycles. The third-order valence-electron chi connectivity index (χ3n) is 2.28. The van der Waals surface area contributed by atoms with Crippen molar-refractivity contribution in [3.8, 4) is 11.8 Å². The van der Waals surface area contributed by atoms with E-state index in [-0.39, 0.29) is 17.1 Å². The molecule has 0 aliphatic rings. The summed E-state index contributed by atoms with van der Waals surface area (Å²) in [7, 11) is 0. The Morgan fingerprint density at radius 1 is 1.17 bits per heavy atom. The molecule has 0 unspecified atom stereocenters. The van der Waals surface area contributed by atoms with Crippen molar-refractivity contribution in [1.82, 2.24) is 10.3 Å². The number of nitrogens with one attached hydrogen (secondary N) is 2. The number of pyridine rings is 1. The Morgan fingerprint density at radius 2 is 1.79 bits per heavy atom. The highest BCUT2D eigenvalue weighted by Crippen LogP contribution is 2.24. The Balaban J connectivity index is 2.98. The molecule has 0 radical (unpaired) electrons. The van der Waals surface area contributed by atoms with Gasteiger partial charge in [0, 0.05) is 17.8 Å². The van der Waals surface area contributed by atoms with Crippen molar-refractivity contribution in [1.29, 1.82) is 5.26 Å². The maximum absolute atomic E-state index is 11.9. The largest absolute Gasteiger partial charge is 0.444 e. The number of hydrogen-bond donors (Lipinski definition) is 2. The predicted octanol–water partition coefficient (Wildman–Crippen LogP) is 3.19. The molecular weight excluding hydrogens is 312 g/mol. The molecule has 1 aromatic rings. The van der Waals surface area contributed by atoms with Gasteiger partial charge in [0.1, 0.15) is 11.7 Å². The number of anilines is 1. The van der Waals surface area contributed by atoms with Crippen molar-refractivity contribution in [2.75, 3.05) is 5.32 Å². The Morgan fingerprint density at radius 3 is 2.29 bits per heavy atom. The van der Waals surface area contributed by atoms with Gasteiger partial charge < -0.3 is 14.8 Å². The van der Waals surface area contributed by atoms with Crippen molar-refractivity contribution in [2.24, 2.45) is 0 Å². The van der Waals surface area contributed by atoms with Crippen LogP contribution in [0.4, 0.5) is 15.4 Å². The summed E-state index contributed by atoms with van der Waals surface area (Å²) in [6.07, 6.45) is -0.228. The zero-order valence-electron chi connectivity index (χ0n) is 14.7. The summed E-state index contributed by atoms with van der Waals surface area (Å²) < 4.78 is 10.3. The first-order chi connectivity index (χ1) is 10.9. The summed E-state index contributed by atoms with van der Waals surface area (Å²) in [5.74, 6) is -0.0750. The lowest BCUT2D eigenvalue weighted by Crippen LogP contribution is -2.42. The number of nitrogens with zero attached hydrogens (tertiary/aromatic N) is 2. The molecule has 0 aliphatic carbocycles. The Kier molecular flexibility index (Phi) is 5.74. The van der Waals surface area contributed by atoms with Crippen LogP contribution in [0.15, 0.2) is 12.3 Å². The lowest BCUT2D eigenvalue weighted by Gasteiger charge is -2.21. The first-order valence-corrected chi connectivity index (χ1v) is 7.30. The van der Waals surface area contributed by atoms with Crippen LogP contribution in [0.5, 0.6) is 5.75 Å². The summed E-state index contributed by atoms with van der Waals surface area (Å²) in [6.45, 7) is 10.5. The van der Waals surface area contributed by atoms with Gasteiger partial charge in [0.15, 0.2) is 11.6 Å². The van der Waals surface area contributed by atoms with Gasteiger partial charge in [-0.3, -0.25) is 5.32 Å². The lowest BCUT2D eigenvalue weighted by molar-refractivity contribution is 0.0634. The molecule has 1 rings (SSSR count). The fourth-order valence-corrected chi connectivity index (χ4v) is 1.51. The molecule has 2 amide bonds. The number of nitriles is 1. The van der Waals surface area contributed by atoms with E-state index in [0.29, 0.717) is 0 Å². The van der Waals surface area contributed by atoms with E-state index in [1.54, 1.807) is 41.5 Å². The minimum Gasteiger partial charge on any atom is -0.444 e. The number of hydrogen-bond acceptors (Lipinski definition) is 6. The second-order valence-corrected chi connectivity index (χ2v) is 7.07. The van der Waals surface area contributed by atoms with Crippen molar-refractivity contribution in [2.45, 2.75) is 52.7 Å². The quantitative estimate of drug-likeness (QED) is 0.858. The molecule has 8 nitrogen and oxygen atoms in total. The topological polar surface area (TPSA) is 113 Å². The lowest BCUT2D eigenvalue weighted by atomic mass is 10.1. The van der Waals surface area contributed by atoms with Gasteiger partial charge in [-0.25, -0.2) is 14.6 Å². The smallest absolute Gasteiger partial charge is 0.413 e. The maximum atomic E-state index is 11.9. The molecule has 0 atom stereocenters. The van der Waals surface area contributed by atoms with Gasteiger partial charge in [-0.05, 0) is 41.5 Å². The summed E-state index contributed by atoms with van der Waals surface area (Å²) in [4.78, 5) is 27.7. The van der Waals surface area contributed by atoms with E-state index < -0.39 is 23.3 Å². The maximum Gasteiger partial charge on any atom is 0.413 e. The van der Waals surface area contributed by atoms with Crippen LogP contribution in [-0.2, 0) is 4.74 Å². The van der Waals surface area contributed by atoms with Gasteiger partial charge in [-0.15, -0.1) is 0 Å². The van der Waals surface area contributed by atoms with E-state index in [4.69, 9.17) is 14.7 Å². The predicted molar refractivity (Wildman–Crippen MR) is 87.7 cm³/mol. The minimum atomic E-state index is -0.749. The molecule has 0 bridgehead atoms. The summed E-state index contributed by atoms with van der Waals surface area (Å²) >= 11 is 0. The fraction of sp³-hybridized carbons (Fsp3) is 0.500. The van der Waals surface area contributed by atoms with Gasteiger partial charge in [0.2, 0.25) is 0 Å². The van der Waals surface area contributed by atoms with E-state index in [0.717, 1.165) is 0 Å². The van der Waals surface area contributed by atoms with E-state index in [1.807, 2.05) is 6.07 Å². The molecule has 0 saturated carbocycles. The third-order valence-corrected chi connectivity index (χ3v) is 2.28. The van der Waals surface area contributed by atoms with Crippen molar-refractivity contribution in [3.63, 3.8) is 0 Å². The van der Waals surface area contributed by atoms with Crippen LogP contribution in [0.1, 0.15) is 47.1 Å². The minimum absolute atomic E-state index is 0.0210. The van der Waals surface area contributed by atoms with Gasteiger partial charge in [-0.2, -0.15) is 5.26 Å². The number of rotatable bonds is 2. The van der Waals surface area contributed by atoms with Crippen molar-refractivity contribution < 1.29 is 19.1 Å². The van der Waals surface area contributed by atoms with E-state index in [2.05, 4.69) is 15.6 Å². The molecule has 1 heterocycles. The van der Waals surface area contributed by atoms with Gasteiger partial charge in [-0.1, -0.05) is 0 Å². The molecular formula is C16H22N4O4. The average molecular weight is 334 g/mol. The molecule has 2 N–H and O–H groups in total. The number of carbonyl (C=O) groups excluding carboxylic acids is 2. The molecule has 0 spiro atoms. The zero-order valence-corrected chi connectivity index (χ0v) is 14.7. The SMILES string of the molecule is CC(C)(C)NC(=O)Oc1cc(C#N)cnc1NC(=O)OC(C)(C)C.